The fourth-order valence-corrected chi connectivity index (χ4v) is 4.73. The molecule has 1 fully saturated rings. The van der Waals surface area contributed by atoms with Crippen molar-refractivity contribution >= 4 is 47.2 Å². The molecule has 0 unspecified atom stereocenters. The first-order valence-corrected chi connectivity index (χ1v) is 13.0. The zero-order valence-electron chi connectivity index (χ0n) is 19.0. The number of hydrogen-bond acceptors (Lipinski definition) is 4. The summed E-state index contributed by atoms with van der Waals surface area (Å²) in [6, 6.07) is 0.117. The monoisotopic (exact) mass is 578 g/mol. The summed E-state index contributed by atoms with van der Waals surface area (Å²) in [6.07, 6.45) is 1.85. The van der Waals surface area contributed by atoms with Gasteiger partial charge in [-0.2, -0.15) is 0 Å². The van der Waals surface area contributed by atoms with Crippen molar-refractivity contribution in [2.75, 3.05) is 4.90 Å². The van der Waals surface area contributed by atoms with Gasteiger partial charge in [0.05, 0.1) is 0 Å². The first-order chi connectivity index (χ1) is 16.7. The Labute approximate surface area is 211 Å². The highest BCUT2D eigenvalue weighted by Gasteiger charge is 2.65. The zero-order chi connectivity index (χ0) is 27.9. The summed E-state index contributed by atoms with van der Waals surface area (Å²) in [5.41, 5.74) is -5.85. The number of amides is 2. The predicted octanol–water partition coefficient (Wildman–Crippen LogP) is 5.18. The topological polar surface area (TPSA) is 75.2 Å². The Hall–Kier alpha value is -2.62. The maximum Gasteiger partial charge on any atom is 0.310 e. The number of nitrogens with one attached hydrogen (secondary N) is 1. The Morgan fingerprint density at radius 3 is 2.05 bits per heavy atom. The Morgan fingerprint density at radius 1 is 1.08 bits per heavy atom. The third-order valence-corrected chi connectivity index (χ3v) is 7.36. The number of hydrogen-bond donors (Lipinski definition) is 1. The van der Waals surface area contributed by atoms with Gasteiger partial charge in [-0.25, -0.2) is 23.1 Å². The summed E-state index contributed by atoms with van der Waals surface area (Å²) >= 11 is 5.34. The maximum atomic E-state index is 14.1. The standard InChI is InChI=1S/C20H20BClF8N4O2S/c21-20(12-9-31-11-32-10-12,18(36)33-13-5-7-19(24,25)8-6-13)34(17(35)16(22)23)14-1-3-15(4-2-14)37(26,27,28,29)30/h1-4,9-11,13,16H,5-8,21H2,(H,33,36)/t16-,20-/m0/s1. The molecule has 6 nitrogen and oxygen atoms in total. The van der Waals surface area contributed by atoms with Gasteiger partial charge in [-0.3, -0.25) is 14.5 Å². The van der Waals surface area contributed by atoms with Crippen molar-refractivity contribution in [1.29, 1.82) is 0 Å². The predicted molar refractivity (Wildman–Crippen MR) is 124 cm³/mol. The summed E-state index contributed by atoms with van der Waals surface area (Å²) in [5.74, 6) is -5.58. The van der Waals surface area contributed by atoms with Crippen LogP contribution >= 0.6 is 21.8 Å². The third-order valence-electron chi connectivity index (χ3n) is 6.01. The van der Waals surface area contributed by atoms with E-state index in [1.54, 1.807) is 0 Å². The fraction of sp³-hybridized carbons (Fsp3) is 0.400. The number of benzene rings is 1. The van der Waals surface area contributed by atoms with Crippen molar-refractivity contribution < 1.29 is 42.2 Å². The maximum absolute atomic E-state index is 14.1. The van der Waals surface area contributed by atoms with E-state index in [2.05, 4.69) is 15.3 Å². The molecule has 0 spiro atoms. The summed E-state index contributed by atoms with van der Waals surface area (Å²) in [4.78, 5) is 32.1. The Bertz CT molecular complexity index is 1170. The van der Waals surface area contributed by atoms with Crippen LogP contribution in [0.25, 0.3) is 0 Å². The Kier molecular flexibility index (Phi) is 7.04. The minimum atomic E-state index is -10.1. The van der Waals surface area contributed by atoms with Gasteiger partial charge in [0.2, 0.25) is 11.8 Å². The van der Waals surface area contributed by atoms with E-state index in [0.717, 1.165) is 26.6 Å². The highest BCUT2D eigenvalue weighted by molar-refractivity contribution is 8.45. The molecule has 1 heterocycles. The molecule has 0 bridgehead atoms. The lowest BCUT2D eigenvalue weighted by molar-refractivity contribution is -0.130. The number of rotatable bonds is 7. The van der Waals surface area contributed by atoms with E-state index in [4.69, 9.17) is 11.6 Å². The van der Waals surface area contributed by atoms with Crippen molar-refractivity contribution in [3.05, 3.63) is 48.5 Å². The second-order valence-electron chi connectivity index (χ2n) is 8.74. The lowest BCUT2D eigenvalue weighted by Crippen LogP contribution is -2.62. The average Bonchev–Trinajstić information content (AvgIpc) is 2.79. The molecule has 3 rings (SSSR count). The second kappa shape index (κ2) is 9.00. The molecule has 17 heteroatoms. The van der Waals surface area contributed by atoms with Crippen LogP contribution in [-0.4, -0.2) is 47.2 Å². The van der Waals surface area contributed by atoms with E-state index in [1.165, 1.54) is 0 Å². The van der Waals surface area contributed by atoms with Gasteiger partial charge in [-0.1, -0.05) is 31.0 Å². The first kappa shape index (κ1) is 28.9. The molecule has 1 aliphatic rings. The van der Waals surface area contributed by atoms with E-state index < -0.39 is 68.5 Å². The molecule has 1 aromatic heterocycles. The largest absolute Gasteiger partial charge is 0.352 e. The number of anilines is 1. The van der Waals surface area contributed by atoms with E-state index in [1.807, 2.05) is 0 Å². The van der Waals surface area contributed by atoms with Crippen LogP contribution in [0.1, 0.15) is 31.2 Å². The van der Waals surface area contributed by atoms with Crippen LogP contribution in [0, 0.1) is 0 Å². The molecule has 37 heavy (non-hydrogen) atoms. The molecular formula is C20H20BClF8N4O2S. The number of alkyl halides is 4. The molecule has 1 saturated carbocycles. The van der Waals surface area contributed by atoms with Crippen LogP contribution in [0.15, 0.2) is 47.9 Å². The molecule has 2 amide bonds. The number of carbonyl (C=O) groups is 2. The first-order valence-electron chi connectivity index (χ1n) is 10.7. The van der Waals surface area contributed by atoms with Crippen LogP contribution in [0.3, 0.4) is 0 Å². The SMILES string of the molecule is B[C@@](C(=O)NC1CCC(F)(F)CC1)(c1cncnc1)N(C(=O)[C@H](F)Cl)c1ccc(S(F)(F)(F)(F)F)cc1. The lowest BCUT2D eigenvalue weighted by Gasteiger charge is -2.43. The van der Waals surface area contributed by atoms with Crippen molar-refractivity contribution in [3.63, 3.8) is 0 Å². The van der Waals surface area contributed by atoms with Crippen LogP contribution in [-0.2, 0) is 15.0 Å². The third kappa shape index (κ3) is 6.45. The Balaban J connectivity index is 2.11. The number of carbonyl (C=O) groups excluding carboxylic acids is 2. The Morgan fingerprint density at radius 2 is 1.59 bits per heavy atom. The van der Waals surface area contributed by atoms with Crippen molar-refractivity contribution in [2.24, 2.45) is 0 Å². The van der Waals surface area contributed by atoms with Gasteiger partial charge in [-0.05, 0) is 37.1 Å². The molecule has 0 aliphatic heterocycles. The van der Waals surface area contributed by atoms with Crippen molar-refractivity contribution in [3.8, 4) is 0 Å². The summed E-state index contributed by atoms with van der Waals surface area (Å²) in [7, 11) is -9.02. The van der Waals surface area contributed by atoms with E-state index >= 15 is 0 Å². The summed E-state index contributed by atoms with van der Waals surface area (Å²) in [6.45, 7) is 0. The molecule has 2 atom stereocenters. The van der Waals surface area contributed by atoms with Gasteiger partial charge in [0.15, 0.2) is 7.85 Å². The van der Waals surface area contributed by atoms with E-state index in [-0.39, 0.29) is 30.5 Å². The molecule has 0 saturated heterocycles. The van der Waals surface area contributed by atoms with Crippen LogP contribution < -0.4 is 10.2 Å². The summed E-state index contributed by atoms with van der Waals surface area (Å²) < 4.78 is 107. The number of aromatic nitrogens is 2. The van der Waals surface area contributed by atoms with Crippen molar-refractivity contribution in [2.45, 2.75) is 53.6 Å². The highest BCUT2D eigenvalue weighted by atomic mass is 35.5. The minimum absolute atomic E-state index is 0.0122. The van der Waals surface area contributed by atoms with Crippen LogP contribution in [0.4, 0.5) is 38.3 Å². The number of nitrogens with zero attached hydrogens (tertiary/aromatic N) is 3. The molecule has 1 N–H and O–H groups in total. The highest BCUT2D eigenvalue weighted by Crippen LogP contribution is 3.02. The van der Waals surface area contributed by atoms with E-state index in [0.29, 0.717) is 17.0 Å². The van der Waals surface area contributed by atoms with Crippen LogP contribution in [0.5, 0.6) is 0 Å². The molecule has 2 aromatic rings. The quantitative estimate of drug-likeness (QED) is 0.279. The van der Waals surface area contributed by atoms with Gasteiger partial charge in [0, 0.05) is 42.5 Å². The number of halogens is 9. The smallest absolute Gasteiger partial charge is 0.310 e. The molecule has 0 radical (unpaired) electrons. The molecule has 1 aromatic carbocycles. The van der Waals surface area contributed by atoms with Gasteiger partial charge >= 0.3 is 10.2 Å². The van der Waals surface area contributed by atoms with Gasteiger partial charge in [0.1, 0.15) is 16.7 Å². The molecule has 1 aliphatic carbocycles. The van der Waals surface area contributed by atoms with Gasteiger partial charge < -0.3 is 5.32 Å². The van der Waals surface area contributed by atoms with Gasteiger partial charge in [-0.15, -0.1) is 0 Å². The molecule has 204 valence electrons. The average molecular weight is 579 g/mol. The van der Waals surface area contributed by atoms with Gasteiger partial charge in [0.25, 0.3) is 11.5 Å². The van der Waals surface area contributed by atoms with E-state index in [9.17, 15) is 42.2 Å². The molecular weight excluding hydrogens is 559 g/mol. The zero-order valence-corrected chi connectivity index (χ0v) is 20.6. The normalized spacial score (nSPS) is 20.6. The van der Waals surface area contributed by atoms with Crippen LogP contribution in [0.2, 0.25) is 0 Å². The fourth-order valence-electron chi connectivity index (χ4n) is 3.98. The second-order valence-corrected chi connectivity index (χ2v) is 11.5. The summed E-state index contributed by atoms with van der Waals surface area (Å²) in [5, 5.41) is 2.51. The van der Waals surface area contributed by atoms with Crippen molar-refractivity contribution in [1.82, 2.24) is 15.3 Å². The lowest BCUT2D eigenvalue weighted by atomic mass is 9.69. The minimum Gasteiger partial charge on any atom is -0.352 e.